The Labute approximate surface area is 191 Å². The summed E-state index contributed by atoms with van der Waals surface area (Å²) in [6.45, 7) is 6.52. The number of hydrogen-bond acceptors (Lipinski definition) is 3. The Kier molecular flexibility index (Phi) is 11.3. The third-order valence-electron chi connectivity index (χ3n) is 4.02. The van der Waals surface area contributed by atoms with Gasteiger partial charge < -0.3 is 20.9 Å². The second-order valence-corrected chi connectivity index (χ2v) is 7.02. The van der Waals surface area contributed by atoms with Crippen LogP contribution in [0, 0.1) is 6.92 Å². The molecule has 1 amide bonds. The van der Waals surface area contributed by atoms with E-state index in [4.69, 9.17) is 0 Å². The summed E-state index contributed by atoms with van der Waals surface area (Å²) >= 11 is 0. The molecule has 158 valence electrons. The molecule has 6 nitrogen and oxygen atoms in total. The van der Waals surface area contributed by atoms with Gasteiger partial charge in [0, 0.05) is 18.8 Å². The number of rotatable bonds is 8. The summed E-state index contributed by atoms with van der Waals surface area (Å²) in [6.07, 6.45) is 0. The van der Waals surface area contributed by atoms with Crippen molar-refractivity contribution in [2.24, 2.45) is 4.99 Å². The van der Waals surface area contributed by atoms with Crippen molar-refractivity contribution in [2.75, 3.05) is 32.5 Å². The Morgan fingerprint density at radius 3 is 2.41 bits per heavy atom. The van der Waals surface area contributed by atoms with Gasteiger partial charge in [-0.15, -0.1) is 24.0 Å². The highest BCUT2D eigenvalue weighted by atomic mass is 127. The van der Waals surface area contributed by atoms with Crippen LogP contribution in [0.1, 0.15) is 23.6 Å². The molecule has 0 saturated heterocycles. The van der Waals surface area contributed by atoms with Crippen LogP contribution in [-0.2, 0) is 17.9 Å². The van der Waals surface area contributed by atoms with Crippen molar-refractivity contribution in [1.82, 2.24) is 15.5 Å². The topological polar surface area (TPSA) is 68.8 Å². The lowest BCUT2D eigenvalue weighted by Gasteiger charge is -2.12. The average molecular weight is 509 g/mol. The highest BCUT2D eigenvalue weighted by molar-refractivity contribution is 14.0. The smallest absolute Gasteiger partial charge is 0.238 e. The molecule has 2 aromatic rings. The number of nitrogens with one attached hydrogen (secondary N) is 3. The molecule has 0 saturated carbocycles. The highest BCUT2D eigenvalue weighted by Crippen LogP contribution is 2.11. The van der Waals surface area contributed by atoms with Crippen LogP contribution in [0.5, 0.6) is 0 Å². The highest BCUT2D eigenvalue weighted by Gasteiger charge is 2.04. The van der Waals surface area contributed by atoms with Crippen LogP contribution in [0.3, 0.4) is 0 Å². The Morgan fingerprint density at radius 2 is 1.76 bits per heavy atom. The van der Waals surface area contributed by atoms with Gasteiger partial charge in [-0.3, -0.25) is 4.79 Å². The molecule has 0 aliphatic carbocycles. The van der Waals surface area contributed by atoms with E-state index in [1.165, 1.54) is 11.1 Å². The Hall–Kier alpha value is -2.13. The van der Waals surface area contributed by atoms with Gasteiger partial charge in [0.05, 0.1) is 13.1 Å². The number of anilines is 1. The molecule has 0 fully saturated rings. The number of hydrogen-bond donors (Lipinski definition) is 3. The lowest BCUT2D eigenvalue weighted by Crippen LogP contribution is -2.36. The average Bonchev–Trinajstić information content (AvgIpc) is 2.65. The molecule has 3 N–H and O–H groups in total. The van der Waals surface area contributed by atoms with Crippen LogP contribution in [0.4, 0.5) is 5.69 Å². The monoisotopic (exact) mass is 509 g/mol. The molecule has 0 aliphatic heterocycles. The fourth-order valence-electron chi connectivity index (χ4n) is 2.64. The largest absolute Gasteiger partial charge is 0.357 e. The van der Waals surface area contributed by atoms with Gasteiger partial charge in [0.25, 0.3) is 0 Å². The fraction of sp³-hybridized carbons (Fsp3) is 0.364. The lowest BCUT2D eigenvalue weighted by atomic mass is 10.1. The van der Waals surface area contributed by atoms with Crippen LogP contribution in [-0.4, -0.2) is 44.0 Å². The molecule has 0 bridgehead atoms. The second kappa shape index (κ2) is 13.2. The number of guanidine groups is 1. The summed E-state index contributed by atoms with van der Waals surface area (Å²) in [6, 6.07) is 16.2. The van der Waals surface area contributed by atoms with Gasteiger partial charge in [-0.25, -0.2) is 4.99 Å². The maximum absolute atomic E-state index is 11.9. The summed E-state index contributed by atoms with van der Waals surface area (Å²) in [4.78, 5) is 18.4. The Bertz CT molecular complexity index is 790. The van der Waals surface area contributed by atoms with Crippen LogP contribution in [0.15, 0.2) is 53.5 Å². The van der Waals surface area contributed by atoms with E-state index in [2.05, 4.69) is 52.1 Å². The zero-order valence-electron chi connectivity index (χ0n) is 17.7. The fourth-order valence-corrected chi connectivity index (χ4v) is 2.64. The summed E-state index contributed by atoms with van der Waals surface area (Å²) in [5, 5.41) is 9.54. The van der Waals surface area contributed by atoms with Crippen molar-refractivity contribution in [3.8, 4) is 0 Å². The van der Waals surface area contributed by atoms with Crippen LogP contribution in [0.25, 0.3) is 0 Å². The molecule has 0 radical (unpaired) electrons. The second-order valence-electron chi connectivity index (χ2n) is 7.02. The van der Waals surface area contributed by atoms with Crippen molar-refractivity contribution in [3.05, 3.63) is 65.2 Å². The number of aliphatic imine (C=N–C) groups is 1. The van der Waals surface area contributed by atoms with Crippen molar-refractivity contribution in [2.45, 2.75) is 26.9 Å². The number of likely N-dealkylation sites (N-methyl/N-ethyl adjacent to an activating group) is 1. The van der Waals surface area contributed by atoms with Crippen LogP contribution >= 0.6 is 24.0 Å². The first kappa shape index (κ1) is 24.9. The quantitative estimate of drug-likeness (QED) is 0.290. The molecule has 0 aromatic heterocycles. The number of aryl methyl sites for hydroxylation is 1. The number of carbonyl (C=O) groups excluding carboxylic acids is 1. The van der Waals surface area contributed by atoms with Crippen molar-refractivity contribution < 1.29 is 4.79 Å². The van der Waals surface area contributed by atoms with E-state index < -0.39 is 0 Å². The first-order valence-corrected chi connectivity index (χ1v) is 9.57. The van der Waals surface area contributed by atoms with Gasteiger partial charge in [-0.2, -0.15) is 0 Å². The molecule has 7 heteroatoms. The minimum Gasteiger partial charge on any atom is -0.357 e. The van der Waals surface area contributed by atoms with E-state index in [0.29, 0.717) is 19.6 Å². The third kappa shape index (κ3) is 9.76. The molecule has 2 rings (SSSR count). The Balaban J connectivity index is 0.00000420. The number of carbonyl (C=O) groups is 1. The first-order valence-electron chi connectivity index (χ1n) is 9.57. The molecule has 0 aliphatic rings. The number of amides is 1. The minimum atomic E-state index is -0.0289. The predicted molar refractivity (Wildman–Crippen MR) is 132 cm³/mol. The van der Waals surface area contributed by atoms with Gasteiger partial charge in [0.1, 0.15) is 0 Å². The molecule has 2 aromatic carbocycles. The van der Waals surface area contributed by atoms with E-state index in [0.717, 1.165) is 23.8 Å². The molecular formula is C22H32IN5O. The van der Waals surface area contributed by atoms with Crippen LogP contribution in [0.2, 0.25) is 0 Å². The standard InChI is InChI=1S/C22H31N5O.HI/c1-5-23-22(24-14-18-11-9-17(2)10-12-18)25-15-19-7-6-8-20(13-19)26-21(28)16-27(3)4;/h6-13H,5,14-16H2,1-4H3,(H,26,28)(H2,23,24,25);1H. The van der Waals surface area contributed by atoms with Gasteiger partial charge in [-0.05, 0) is 51.2 Å². The number of halogens is 1. The molecule has 29 heavy (non-hydrogen) atoms. The minimum absolute atomic E-state index is 0. The maximum Gasteiger partial charge on any atom is 0.238 e. The van der Waals surface area contributed by atoms with E-state index in [1.807, 2.05) is 50.2 Å². The number of benzene rings is 2. The summed E-state index contributed by atoms with van der Waals surface area (Å²) in [5.74, 6) is 0.740. The summed E-state index contributed by atoms with van der Waals surface area (Å²) < 4.78 is 0. The predicted octanol–water partition coefficient (Wildman–Crippen LogP) is 3.37. The van der Waals surface area contributed by atoms with Gasteiger partial charge >= 0.3 is 0 Å². The molecule has 0 spiro atoms. The SMILES string of the molecule is CCNC(=NCc1cccc(NC(=O)CN(C)C)c1)NCc1ccc(C)cc1.I. The summed E-state index contributed by atoms with van der Waals surface area (Å²) in [5.41, 5.74) is 4.29. The van der Waals surface area contributed by atoms with E-state index >= 15 is 0 Å². The normalized spacial score (nSPS) is 11.0. The number of nitrogens with zero attached hydrogens (tertiary/aromatic N) is 2. The van der Waals surface area contributed by atoms with E-state index in [9.17, 15) is 4.79 Å². The summed E-state index contributed by atoms with van der Waals surface area (Å²) in [7, 11) is 3.74. The van der Waals surface area contributed by atoms with Crippen molar-refractivity contribution in [1.29, 1.82) is 0 Å². The maximum atomic E-state index is 11.9. The van der Waals surface area contributed by atoms with Gasteiger partial charge in [0.15, 0.2) is 5.96 Å². The van der Waals surface area contributed by atoms with E-state index in [-0.39, 0.29) is 29.9 Å². The molecule has 0 heterocycles. The zero-order chi connectivity index (χ0) is 20.4. The van der Waals surface area contributed by atoms with Gasteiger partial charge in [0.2, 0.25) is 5.91 Å². The molecule has 0 unspecified atom stereocenters. The zero-order valence-corrected chi connectivity index (χ0v) is 20.0. The van der Waals surface area contributed by atoms with Crippen molar-refractivity contribution in [3.63, 3.8) is 0 Å². The molecule has 0 atom stereocenters. The Morgan fingerprint density at radius 1 is 1.03 bits per heavy atom. The third-order valence-corrected chi connectivity index (χ3v) is 4.02. The first-order chi connectivity index (χ1) is 13.5. The molecular weight excluding hydrogens is 477 g/mol. The van der Waals surface area contributed by atoms with Gasteiger partial charge in [-0.1, -0.05) is 42.0 Å². The lowest BCUT2D eigenvalue weighted by molar-refractivity contribution is -0.116. The van der Waals surface area contributed by atoms with E-state index in [1.54, 1.807) is 0 Å². The van der Waals surface area contributed by atoms with Crippen molar-refractivity contribution >= 4 is 41.5 Å². The van der Waals surface area contributed by atoms with Crippen LogP contribution < -0.4 is 16.0 Å².